The van der Waals surface area contributed by atoms with Crippen LogP contribution in [0.1, 0.15) is 25.0 Å². The molecular formula is C91H62B2N4S. The van der Waals surface area contributed by atoms with Gasteiger partial charge in [0.1, 0.15) is 0 Å². The van der Waals surface area contributed by atoms with Crippen molar-refractivity contribution < 1.29 is 0 Å². The molecule has 0 saturated heterocycles. The summed E-state index contributed by atoms with van der Waals surface area (Å²) in [5.74, 6) is 0. The van der Waals surface area contributed by atoms with E-state index in [9.17, 15) is 0 Å². The summed E-state index contributed by atoms with van der Waals surface area (Å²) in [4.78, 5) is 10.2. The Bertz CT molecular complexity index is 5770. The summed E-state index contributed by atoms with van der Waals surface area (Å²) in [6, 6.07) is 127. The molecule has 4 nitrogen and oxygen atoms in total. The van der Waals surface area contributed by atoms with Crippen LogP contribution < -0.4 is 46.2 Å². The molecule has 0 unspecified atom stereocenters. The van der Waals surface area contributed by atoms with Crippen molar-refractivity contribution in [2.24, 2.45) is 0 Å². The fourth-order valence-electron chi connectivity index (χ4n) is 17.1. The molecule has 4 aliphatic heterocycles. The van der Waals surface area contributed by atoms with Crippen LogP contribution in [0.5, 0.6) is 0 Å². The number of para-hydroxylation sites is 2. The second-order valence-corrected chi connectivity index (χ2v) is 28.2. The van der Waals surface area contributed by atoms with E-state index < -0.39 is 0 Å². The number of hydrogen-bond acceptors (Lipinski definition) is 5. The monoisotopic (exact) mass is 1260 g/mol. The molecule has 20 rings (SSSR count). The van der Waals surface area contributed by atoms with Crippen molar-refractivity contribution in [1.29, 1.82) is 0 Å². The topological polar surface area (TPSA) is 13.0 Å². The molecule has 0 amide bonds. The average Bonchev–Trinajstić information content (AvgIpc) is 1.39. The summed E-state index contributed by atoms with van der Waals surface area (Å²) in [6.45, 7) is 4.94. The van der Waals surface area contributed by atoms with Crippen molar-refractivity contribution in [1.82, 2.24) is 0 Å². The lowest BCUT2D eigenvalue weighted by Gasteiger charge is -2.46. The Balaban J connectivity index is 0.687. The molecule has 0 spiro atoms. The molecule has 0 saturated carbocycles. The molecule has 1 aromatic heterocycles. The zero-order valence-corrected chi connectivity index (χ0v) is 55.0. The highest BCUT2D eigenvalue weighted by atomic mass is 32.1. The minimum Gasteiger partial charge on any atom is -0.311 e. The van der Waals surface area contributed by atoms with Gasteiger partial charge in [-0.15, -0.1) is 11.3 Å². The van der Waals surface area contributed by atoms with Crippen molar-refractivity contribution in [3.63, 3.8) is 0 Å². The van der Waals surface area contributed by atoms with E-state index in [1.807, 2.05) is 11.3 Å². The van der Waals surface area contributed by atoms with Gasteiger partial charge < -0.3 is 19.6 Å². The Morgan fingerprint density at radius 2 is 0.673 bits per heavy atom. The molecule has 458 valence electrons. The van der Waals surface area contributed by atoms with Gasteiger partial charge in [-0.25, -0.2) is 0 Å². The third-order valence-electron chi connectivity index (χ3n) is 21.4. The first-order valence-electron chi connectivity index (χ1n) is 34.1. The zero-order chi connectivity index (χ0) is 64.7. The van der Waals surface area contributed by atoms with E-state index in [4.69, 9.17) is 0 Å². The Morgan fingerprint density at radius 3 is 1.27 bits per heavy atom. The maximum Gasteiger partial charge on any atom is 0.264 e. The van der Waals surface area contributed by atoms with Gasteiger partial charge in [0.25, 0.3) is 6.71 Å². The van der Waals surface area contributed by atoms with E-state index in [2.05, 4.69) is 373 Å². The van der Waals surface area contributed by atoms with E-state index in [0.29, 0.717) is 0 Å². The predicted molar refractivity (Wildman–Crippen MR) is 418 cm³/mol. The average molecular weight is 1270 g/mol. The van der Waals surface area contributed by atoms with Crippen molar-refractivity contribution in [3.05, 3.63) is 356 Å². The smallest absolute Gasteiger partial charge is 0.264 e. The quantitative estimate of drug-likeness (QED) is 0.134. The van der Waals surface area contributed by atoms with Crippen molar-refractivity contribution >= 4 is 130 Å². The fourth-order valence-corrected chi connectivity index (χ4v) is 18.4. The SMILES string of the molecule is CC1(C)C2=C(c3ccccc31)N(c1ccccc1)c1cccc3c1B2c1ccc(-c2cccc(-c4ccc(-c5cccc(N6c7cc(-c8ccccc8)ccc7B7c8sc9ccccc9c8N(c8ccccc8)c8cccc6c87)c5)cc4)c2)cc1N3c1cccc(-c2ccccc2)c1. The molecule has 5 aliphatic rings. The second-order valence-electron chi connectivity index (χ2n) is 27.1. The lowest BCUT2D eigenvalue weighted by atomic mass is 9.30. The molecule has 15 aromatic rings. The van der Waals surface area contributed by atoms with Gasteiger partial charge in [-0.3, -0.25) is 0 Å². The standard InChI is InChI=1S/C91H62B2N4S/c1-91(2)75-40-17-15-38-73(75)87-89(91)92-76-52-51-68(58-82(76)94(71-36-20-30-65(55-71)59-24-7-3-8-25-59)78-41-22-43-80(85(78)92)96(87)69-32-11-5-12-33-69)64-29-19-28-63(54-64)61-46-48-62(49-47-61)66-31-21-37-72(56-66)95-79-42-23-44-81-86(79)93(77-53-50-67(57-83(77)95)60-26-9-4-10-27-60)90-88(74-39-16-18-45-84(74)98-90)97(81)70-34-13-6-14-35-70/h3-58H,1-2H3. The molecular weight excluding hydrogens is 1200 g/mol. The maximum atomic E-state index is 2.56. The van der Waals surface area contributed by atoms with E-state index in [0.717, 1.165) is 33.9 Å². The minimum atomic E-state index is -0.261. The number of allylic oxidation sites excluding steroid dienone is 1. The van der Waals surface area contributed by atoms with E-state index in [-0.39, 0.29) is 18.8 Å². The van der Waals surface area contributed by atoms with E-state index in [1.54, 1.807) is 0 Å². The van der Waals surface area contributed by atoms with Gasteiger partial charge in [-0.1, -0.05) is 262 Å². The van der Waals surface area contributed by atoms with Gasteiger partial charge in [0.2, 0.25) is 6.71 Å². The fraction of sp³-hybridized carbons (Fsp3) is 0.0330. The summed E-state index contributed by atoms with van der Waals surface area (Å²) < 4.78 is 2.67. The number of nitrogens with zero attached hydrogens (tertiary/aromatic N) is 4. The summed E-state index contributed by atoms with van der Waals surface area (Å²) in [5, 5.41) is 1.29. The largest absolute Gasteiger partial charge is 0.311 e. The van der Waals surface area contributed by atoms with Crippen molar-refractivity contribution in [2.75, 3.05) is 19.6 Å². The molecule has 5 heterocycles. The minimum absolute atomic E-state index is 0.00274. The zero-order valence-electron chi connectivity index (χ0n) is 54.2. The van der Waals surface area contributed by atoms with Gasteiger partial charge in [-0.2, -0.15) is 0 Å². The highest BCUT2D eigenvalue weighted by molar-refractivity contribution is 7.33. The molecule has 98 heavy (non-hydrogen) atoms. The second kappa shape index (κ2) is 22.1. The molecule has 0 radical (unpaired) electrons. The van der Waals surface area contributed by atoms with Crippen LogP contribution in [0.15, 0.2) is 345 Å². The summed E-state index contributed by atoms with van der Waals surface area (Å²) >= 11 is 1.94. The van der Waals surface area contributed by atoms with Crippen molar-refractivity contribution in [2.45, 2.75) is 19.3 Å². The van der Waals surface area contributed by atoms with Gasteiger partial charge in [0, 0.05) is 88.4 Å². The molecule has 14 aromatic carbocycles. The van der Waals surface area contributed by atoms with Crippen LogP contribution in [0.3, 0.4) is 0 Å². The summed E-state index contributed by atoms with van der Waals surface area (Å²) in [5.41, 5.74) is 35.3. The number of fused-ring (bicyclic) bond motifs is 11. The van der Waals surface area contributed by atoms with Gasteiger partial charge >= 0.3 is 0 Å². The lowest BCUT2D eigenvalue weighted by molar-refractivity contribution is 0.666. The van der Waals surface area contributed by atoms with Gasteiger partial charge in [-0.05, 0) is 180 Å². The van der Waals surface area contributed by atoms with Crippen molar-refractivity contribution in [3.8, 4) is 55.6 Å². The van der Waals surface area contributed by atoms with Crippen LogP contribution in [0.4, 0.5) is 62.6 Å². The third-order valence-corrected chi connectivity index (χ3v) is 22.6. The van der Waals surface area contributed by atoms with Crippen LogP contribution in [-0.2, 0) is 5.41 Å². The molecule has 7 heteroatoms. The van der Waals surface area contributed by atoms with Gasteiger partial charge in [0.15, 0.2) is 0 Å². The van der Waals surface area contributed by atoms with E-state index in [1.165, 1.54) is 143 Å². The first kappa shape index (κ1) is 56.5. The Morgan fingerprint density at radius 1 is 0.286 bits per heavy atom. The predicted octanol–water partition coefficient (Wildman–Crippen LogP) is 21.1. The first-order chi connectivity index (χ1) is 48.4. The summed E-state index contributed by atoms with van der Waals surface area (Å²) in [7, 11) is 0. The summed E-state index contributed by atoms with van der Waals surface area (Å²) in [6.07, 6.45) is 0. The van der Waals surface area contributed by atoms with Crippen LogP contribution in [-0.4, -0.2) is 13.4 Å². The van der Waals surface area contributed by atoms with Crippen LogP contribution >= 0.6 is 11.3 Å². The van der Waals surface area contributed by atoms with Gasteiger partial charge in [0.05, 0.1) is 5.69 Å². The maximum absolute atomic E-state index is 2.56. The molecule has 0 fully saturated rings. The third kappa shape index (κ3) is 8.59. The Labute approximate surface area is 576 Å². The molecule has 0 N–H and O–H groups in total. The Hall–Kier alpha value is -11.9. The normalized spacial score (nSPS) is 14.1. The number of benzene rings is 14. The highest BCUT2D eigenvalue weighted by Gasteiger charge is 2.53. The highest BCUT2D eigenvalue weighted by Crippen LogP contribution is 2.57. The van der Waals surface area contributed by atoms with E-state index >= 15 is 0 Å². The van der Waals surface area contributed by atoms with Crippen LogP contribution in [0, 0.1) is 0 Å². The molecule has 1 aliphatic carbocycles. The molecule has 0 bridgehead atoms. The number of thiophene rings is 1. The molecule has 0 atom stereocenters. The van der Waals surface area contributed by atoms with Crippen LogP contribution in [0.25, 0.3) is 71.4 Å². The van der Waals surface area contributed by atoms with Crippen LogP contribution in [0.2, 0.25) is 0 Å². The first-order valence-corrected chi connectivity index (χ1v) is 34.9. The Kier molecular flexibility index (Phi) is 12.7. The lowest BCUT2D eigenvalue weighted by Crippen LogP contribution is -2.60. The number of rotatable bonds is 9. The number of hydrogen-bond donors (Lipinski definition) is 0. The number of anilines is 11.